The van der Waals surface area contributed by atoms with Crippen LogP contribution in [-0.2, 0) is 10.0 Å². The molecule has 5 aromatic rings. The van der Waals surface area contributed by atoms with Crippen molar-refractivity contribution in [1.82, 2.24) is 5.43 Å². The highest BCUT2D eigenvalue weighted by molar-refractivity contribution is 7.92. The monoisotopic (exact) mass is 627 g/mol. The quantitative estimate of drug-likeness (QED) is 0.0771. The summed E-state index contributed by atoms with van der Waals surface area (Å²) in [6.45, 7) is 2.38. The Balaban J connectivity index is 1.37. The maximum absolute atomic E-state index is 13.1. The van der Waals surface area contributed by atoms with Crippen molar-refractivity contribution in [2.45, 2.75) is 11.8 Å². The van der Waals surface area contributed by atoms with Crippen molar-refractivity contribution in [3.05, 3.63) is 131 Å². The molecule has 0 atom stereocenters. The predicted molar refractivity (Wildman–Crippen MR) is 170 cm³/mol. The molecule has 2 N–H and O–H groups in total. The highest BCUT2D eigenvalue weighted by atomic mass is 35.5. The van der Waals surface area contributed by atoms with Gasteiger partial charge in [0.15, 0.2) is 0 Å². The molecule has 222 valence electrons. The van der Waals surface area contributed by atoms with Crippen LogP contribution in [0.5, 0.6) is 11.5 Å². The predicted octanol–water partition coefficient (Wildman–Crippen LogP) is 6.68. The van der Waals surface area contributed by atoms with E-state index in [1.54, 1.807) is 42.5 Å². The average molecular weight is 628 g/mol. The fraction of sp³-hybridized carbons (Fsp3) is 0.0606. The van der Waals surface area contributed by atoms with Crippen LogP contribution in [0.25, 0.3) is 10.8 Å². The summed E-state index contributed by atoms with van der Waals surface area (Å²) < 4.78 is 39.5. The van der Waals surface area contributed by atoms with Gasteiger partial charge in [0, 0.05) is 10.6 Å². The summed E-state index contributed by atoms with van der Waals surface area (Å²) >= 11 is 5.88. The Hall–Kier alpha value is -5.19. The van der Waals surface area contributed by atoms with Crippen LogP contribution in [0.15, 0.2) is 119 Å². The third-order valence-electron chi connectivity index (χ3n) is 6.43. The lowest BCUT2D eigenvalue weighted by Gasteiger charge is -2.12. The smallest absolute Gasteiger partial charge is 0.343 e. The highest BCUT2D eigenvalue weighted by Crippen LogP contribution is 2.28. The van der Waals surface area contributed by atoms with Gasteiger partial charge >= 0.3 is 5.97 Å². The largest absolute Gasteiger partial charge is 0.494 e. The Bertz CT molecular complexity index is 1960. The number of nitrogens with zero attached hydrogens (tertiary/aromatic N) is 1. The molecule has 9 nitrogen and oxygen atoms in total. The number of hydrogen-bond donors (Lipinski definition) is 2. The molecule has 0 aliphatic heterocycles. The molecule has 0 unspecified atom stereocenters. The number of hydrogen-bond acceptors (Lipinski definition) is 7. The number of anilines is 1. The minimum absolute atomic E-state index is 0.0154. The van der Waals surface area contributed by atoms with Crippen LogP contribution in [0.4, 0.5) is 5.69 Å². The third kappa shape index (κ3) is 7.05. The summed E-state index contributed by atoms with van der Waals surface area (Å²) in [6, 6.07) is 29.3. The minimum Gasteiger partial charge on any atom is -0.494 e. The Morgan fingerprint density at radius 2 is 1.57 bits per heavy atom. The zero-order valence-corrected chi connectivity index (χ0v) is 24.9. The number of amides is 1. The lowest BCUT2D eigenvalue weighted by Crippen LogP contribution is -2.21. The van der Waals surface area contributed by atoms with Gasteiger partial charge in [-0.3, -0.25) is 9.52 Å². The van der Waals surface area contributed by atoms with E-state index in [1.165, 1.54) is 42.6 Å². The summed E-state index contributed by atoms with van der Waals surface area (Å²) in [5.41, 5.74) is 3.33. The normalized spacial score (nSPS) is 11.3. The summed E-state index contributed by atoms with van der Waals surface area (Å²) in [5, 5.41) is 6.11. The Kier molecular flexibility index (Phi) is 9.23. The molecule has 0 aromatic heterocycles. The van der Waals surface area contributed by atoms with Gasteiger partial charge in [-0.05, 0) is 84.4 Å². The minimum atomic E-state index is -4.00. The molecule has 11 heteroatoms. The number of fused-ring (bicyclic) bond motifs is 1. The summed E-state index contributed by atoms with van der Waals surface area (Å²) in [4.78, 5) is 26.1. The lowest BCUT2D eigenvalue weighted by molar-refractivity contribution is 0.0734. The van der Waals surface area contributed by atoms with Crippen LogP contribution >= 0.6 is 11.6 Å². The Labute approximate surface area is 259 Å². The van der Waals surface area contributed by atoms with E-state index in [0.29, 0.717) is 28.5 Å². The second-order valence-electron chi connectivity index (χ2n) is 9.35. The number of carbonyl (C=O) groups is 2. The second kappa shape index (κ2) is 13.4. The zero-order chi connectivity index (χ0) is 31.1. The number of ether oxygens (including phenoxy) is 2. The first kappa shape index (κ1) is 30.3. The highest BCUT2D eigenvalue weighted by Gasteiger charge is 2.19. The van der Waals surface area contributed by atoms with Gasteiger partial charge in [-0.15, -0.1) is 0 Å². The molecule has 0 spiro atoms. The number of para-hydroxylation sites is 1. The van der Waals surface area contributed by atoms with E-state index in [9.17, 15) is 18.0 Å². The fourth-order valence-corrected chi connectivity index (χ4v) is 5.52. The van der Waals surface area contributed by atoms with Gasteiger partial charge in [0.1, 0.15) is 11.5 Å². The number of benzene rings is 5. The molecule has 0 aliphatic rings. The first-order valence-corrected chi connectivity index (χ1v) is 15.3. The zero-order valence-electron chi connectivity index (χ0n) is 23.4. The maximum Gasteiger partial charge on any atom is 0.343 e. The molecule has 0 bridgehead atoms. The van der Waals surface area contributed by atoms with E-state index in [0.717, 1.165) is 10.8 Å². The molecule has 0 radical (unpaired) electrons. The lowest BCUT2D eigenvalue weighted by atomic mass is 10.0. The van der Waals surface area contributed by atoms with E-state index in [-0.39, 0.29) is 21.9 Å². The van der Waals surface area contributed by atoms with Crippen molar-refractivity contribution < 1.29 is 27.5 Å². The van der Waals surface area contributed by atoms with Crippen molar-refractivity contribution >= 4 is 56.2 Å². The number of nitrogens with one attached hydrogen (secondary N) is 2. The van der Waals surface area contributed by atoms with Crippen molar-refractivity contribution in [3.63, 3.8) is 0 Å². The van der Waals surface area contributed by atoms with Crippen LogP contribution in [0, 0.1) is 0 Å². The number of carbonyl (C=O) groups excluding carboxylic acids is 2. The van der Waals surface area contributed by atoms with Crippen LogP contribution in [0.1, 0.15) is 33.2 Å². The van der Waals surface area contributed by atoms with Gasteiger partial charge in [0.2, 0.25) is 0 Å². The maximum atomic E-state index is 13.1. The molecule has 0 saturated carbocycles. The summed E-state index contributed by atoms with van der Waals surface area (Å²) in [6.07, 6.45) is 1.38. The average Bonchev–Trinajstić information content (AvgIpc) is 3.02. The van der Waals surface area contributed by atoms with Gasteiger partial charge in [0.25, 0.3) is 15.9 Å². The van der Waals surface area contributed by atoms with E-state index in [1.807, 2.05) is 37.3 Å². The van der Waals surface area contributed by atoms with Gasteiger partial charge in [0.05, 0.1) is 34.5 Å². The SMILES string of the molecule is CCOc1ccc(C(=O)Oc2ccc3ccccc3c2C=NNC(=O)c2ccccc2NS(=O)(=O)c2ccc(Cl)cc2)cc1. The molecule has 44 heavy (non-hydrogen) atoms. The van der Waals surface area contributed by atoms with E-state index in [2.05, 4.69) is 15.2 Å². The van der Waals surface area contributed by atoms with Crippen LogP contribution in [0.3, 0.4) is 0 Å². The number of esters is 1. The van der Waals surface area contributed by atoms with Crippen LogP contribution < -0.4 is 19.6 Å². The fourth-order valence-electron chi connectivity index (χ4n) is 4.31. The number of rotatable bonds is 10. The van der Waals surface area contributed by atoms with Crippen molar-refractivity contribution in [2.75, 3.05) is 11.3 Å². The van der Waals surface area contributed by atoms with E-state index < -0.39 is 21.9 Å². The van der Waals surface area contributed by atoms with Crippen molar-refractivity contribution in [3.8, 4) is 11.5 Å². The molecular weight excluding hydrogens is 602 g/mol. The standard InChI is InChI=1S/C33H26ClN3O6S/c1-2-42-25-16-11-23(12-17-25)33(39)43-31-20-13-22-7-3-4-8-27(22)29(31)21-35-36-32(38)28-9-5-6-10-30(28)37-44(40,41)26-18-14-24(34)15-19-26/h3-21,37H,2H2,1H3,(H,36,38). The van der Waals surface area contributed by atoms with Crippen LogP contribution in [0.2, 0.25) is 5.02 Å². The topological polar surface area (TPSA) is 123 Å². The molecule has 5 aromatic carbocycles. The molecule has 1 amide bonds. The molecule has 0 saturated heterocycles. The number of halogens is 1. The van der Waals surface area contributed by atoms with Gasteiger partial charge in [-0.1, -0.05) is 54.1 Å². The first-order valence-electron chi connectivity index (χ1n) is 13.4. The van der Waals surface area contributed by atoms with E-state index in [4.69, 9.17) is 21.1 Å². The Morgan fingerprint density at radius 1 is 0.864 bits per heavy atom. The molecule has 0 aliphatic carbocycles. The summed E-state index contributed by atoms with van der Waals surface area (Å²) in [7, 11) is -4.00. The summed E-state index contributed by atoms with van der Waals surface area (Å²) in [5.74, 6) is -0.373. The number of hydrazone groups is 1. The first-order chi connectivity index (χ1) is 21.2. The van der Waals surface area contributed by atoms with Gasteiger partial charge < -0.3 is 9.47 Å². The second-order valence-corrected chi connectivity index (χ2v) is 11.5. The molecule has 0 fully saturated rings. The molecular formula is C33H26ClN3O6S. The Morgan fingerprint density at radius 3 is 2.32 bits per heavy atom. The molecule has 5 rings (SSSR count). The van der Waals surface area contributed by atoms with Crippen molar-refractivity contribution in [2.24, 2.45) is 5.10 Å². The van der Waals surface area contributed by atoms with Gasteiger partial charge in [-0.25, -0.2) is 18.6 Å². The molecule has 0 heterocycles. The van der Waals surface area contributed by atoms with Crippen LogP contribution in [-0.4, -0.2) is 33.1 Å². The van der Waals surface area contributed by atoms with Gasteiger partial charge in [-0.2, -0.15) is 5.10 Å². The van der Waals surface area contributed by atoms with Crippen molar-refractivity contribution in [1.29, 1.82) is 0 Å². The van der Waals surface area contributed by atoms with E-state index >= 15 is 0 Å². The third-order valence-corrected chi connectivity index (χ3v) is 8.07. The number of sulfonamides is 1.